The molecular weight excluding hydrogens is 288 g/mol. The first-order valence-corrected chi connectivity index (χ1v) is 8.64. The van der Waals surface area contributed by atoms with Crippen LogP contribution in [-0.4, -0.2) is 46.8 Å². The Bertz CT molecular complexity index is 651. The fraction of sp³-hybridized carbons (Fsp3) is 0.556. The van der Waals surface area contributed by atoms with Crippen LogP contribution in [-0.2, 0) is 11.3 Å². The largest absolute Gasteiger partial charge is 0.355 e. The Morgan fingerprint density at radius 3 is 3.09 bits per heavy atom. The van der Waals surface area contributed by atoms with Gasteiger partial charge in [-0.25, -0.2) is 0 Å². The van der Waals surface area contributed by atoms with Crippen molar-refractivity contribution >= 4 is 16.8 Å². The van der Waals surface area contributed by atoms with Crippen LogP contribution >= 0.6 is 0 Å². The predicted molar refractivity (Wildman–Crippen MR) is 92.2 cm³/mol. The van der Waals surface area contributed by atoms with Gasteiger partial charge in [0.25, 0.3) is 0 Å². The summed E-state index contributed by atoms with van der Waals surface area (Å²) in [5.74, 6) is 0.180. The molecule has 0 saturated carbocycles. The number of hydrogen-bond donors (Lipinski definition) is 1. The fourth-order valence-electron chi connectivity index (χ4n) is 3.35. The minimum absolute atomic E-state index is 0.0445. The molecule has 0 bridgehead atoms. The van der Waals surface area contributed by atoms with Crippen LogP contribution in [0.3, 0.4) is 0 Å². The highest BCUT2D eigenvalue weighted by atomic mass is 16.2. The van der Waals surface area contributed by atoms with E-state index in [-0.39, 0.29) is 11.9 Å². The monoisotopic (exact) mass is 314 g/mol. The van der Waals surface area contributed by atoms with Gasteiger partial charge in [-0.15, -0.1) is 0 Å². The van der Waals surface area contributed by atoms with Crippen LogP contribution in [0.2, 0.25) is 0 Å². The molecule has 1 amide bonds. The molecule has 1 aliphatic heterocycles. The molecule has 1 aliphatic rings. The maximum atomic E-state index is 12.4. The number of amides is 1. The van der Waals surface area contributed by atoms with E-state index in [9.17, 15) is 4.79 Å². The molecule has 2 aromatic rings. The Morgan fingerprint density at radius 2 is 2.17 bits per heavy atom. The number of benzene rings is 1. The number of aromatic nitrogens is 2. The summed E-state index contributed by atoms with van der Waals surface area (Å²) in [4.78, 5) is 14.6. The maximum absolute atomic E-state index is 12.4. The lowest BCUT2D eigenvalue weighted by Crippen LogP contribution is -2.45. The number of likely N-dealkylation sites (N-methyl/N-ethyl adjacent to an activating group) is 1. The average Bonchev–Trinajstić information content (AvgIpc) is 2.85. The molecule has 5 heteroatoms. The van der Waals surface area contributed by atoms with Crippen molar-refractivity contribution in [3.05, 3.63) is 30.5 Å². The van der Waals surface area contributed by atoms with Crippen LogP contribution in [0.4, 0.5) is 0 Å². The zero-order chi connectivity index (χ0) is 16.1. The standard InChI is InChI=1S/C18H26N4O/c1-21-12-6-2-3-10-17(21)18(23)19-11-7-13-22-16-9-5-4-8-15(16)14-20-22/h4-5,8-9,14,17H,2-3,6-7,10-13H2,1H3,(H,19,23)/t17-/m1/s1. The zero-order valence-electron chi connectivity index (χ0n) is 13.9. The number of fused-ring (bicyclic) bond motifs is 1. The minimum atomic E-state index is 0.0445. The molecule has 1 saturated heterocycles. The molecular formula is C18H26N4O. The molecule has 124 valence electrons. The number of para-hydroxylation sites is 1. The van der Waals surface area contributed by atoms with E-state index in [0.717, 1.165) is 43.3 Å². The van der Waals surface area contributed by atoms with Gasteiger partial charge >= 0.3 is 0 Å². The van der Waals surface area contributed by atoms with Crippen molar-refractivity contribution < 1.29 is 4.79 Å². The average molecular weight is 314 g/mol. The van der Waals surface area contributed by atoms with Crippen LogP contribution < -0.4 is 5.32 Å². The molecule has 1 fully saturated rings. The van der Waals surface area contributed by atoms with Crippen molar-refractivity contribution in [2.24, 2.45) is 0 Å². The Balaban J connectivity index is 1.46. The molecule has 0 spiro atoms. The van der Waals surface area contributed by atoms with E-state index in [4.69, 9.17) is 0 Å². The van der Waals surface area contributed by atoms with E-state index >= 15 is 0 Å². The van der Waals surface area contributed by atoms with Crippen molar-refractivity contribution in [1.82, 2.24) is 20.0 Å². The highest BCUT2D eigenvalue weighted by Gasteiger charge is 2.24. The molecule has 0 aliphatic carbocycles. The second-order valence-electron chi connectivity index (χ2n) is 6.42. The van der Waals surface area contributed by atoms with Crippen molar-refractivity contribution in [3.8, 4) is 0 Å². The fourth-order valence-corrected chi connectivity index (χ4v) is 3.35. The zero-order valence-corrected chi connectivity index (χ0v) is 13.9. The summed E-state index contributed by atoms with van der Waals surface area (Å²) in [6.45, 7) is 2.56. The van der Waals surface area contributed by atoms with Gasteiger partial charge in [-0.05, 0) is 38.9 Å². The summed E-state index contributed by atoms with van der Waals surface area (Å²) in [5, 5.41) is 8.68. The number of aryl methyl sites for hydroxylation is 1. The van der Waals surface area contributed by atoms with Crippen molar-refractivity contribution in [2.45, 2.75) is 44.7 Å². The quantitative estimate of drug-likeness (QED) is 0.862. The third-order valence-electron chi connectivity index (χ3n) is 4.72. The number of carbonyl (C=O) groups excluding carboxylic acids is 1. The molecule has 5 nitrogen and oxygen atoms in total. The SMILES string of the molecule is CN1CCCCC[C@@H]1C(=O)NCCCn1ncc2ccccc21. The first-order chi connectivity index (χ1) is 11.3. The molecule has 0 unspecified atom stereocenters. The van der Waals surface area contributed by atoms with E-state index in [1.165, 1.54) is 12.8 Å². The summed E-state index contributed by atoms with van der Waals surface area (Å²) in [5.41, 5.74) is 1.15. The molecule has 1 N–H and O–H groups in total. The summed E-state index contributed by atoms with van der Waals surface area (Å²) in [7, 11) is 2.06. The molecule has 3 rings (SSSR count). The predicted octanol–water partition coefficient (Wildman–Crippen LogP) is 2.42. The van der Waals surface area contributed by atoms with Gasteiger partial charge in [0, 0.05) is 18.5 Å². The highest BCUT2D eigenvalue weighted by Crippen LogP contribution is 2.15. The third kappa shape index (κ3) is 3.91. The smallest absolute Gasteiger partial charge is 0.237 e. The van der Waals surface area contributed by atoms with Gasteiger partial charge in [0.05, 0.1) is 17.8 Å². The van der Waals surface area contributed by atoms with E-state index in [1.54, 1.807) is 0 Å². The number of nitrogens with one attached hydrogen (secondary N) is 1. The summed E-state index contributed by atoms with van der Waals surface area (Å²) >= 11 is 0. The third-order valence-corrected chi connectivity index (χ3v) is 4.72. The number of rotatable bonds is 5. The van der Waals surface area contributed by atoms with Gasteiger partial charge in [0.2, 0.25) is 5.91 Å². The molecule has 1 atom stereocenters. The summed E-state index contributed by atoms with van der Waals surface area (Å²) < 4.78 is 2.01. The van der Waals surface area contributed by atoms with Gasteiger partial charge in [-0.3, -0.25) is 14.4 Å². The van der Waals surface area contributed by atoms with Crippen LogP contribution in [0.15, 0.2) is 30.5 Å². The number of hydrogen-bond acceptors (Lipinski definition) is 3. The first-order valence-electron chi connectivity index (χ1n) is 8.64. The summed E-state index contributed by atoms with van der Waals surface area (Å²) in [6.07, 6.45) is 7.36. The molecule has 1 aromatic carbocycles. The Morgan fingerprint density at radius 1 is 1.30 bits per heavy atom. The Kier molecular flexibility index (Phi) is 5.28. The lowest BCUT2D eigenvalue weighted by atomic mass is 10.1. The van der Waals surface area contributed by atoms with E-state index in [0.29, 0.717) is 6.54 Å². The van der Waals surface area contributed by atoms with Crippen LogP contribution in [0.1, 0.15) is 32.1 Å². The number of likely N-dealkylation sites (tertiary alicyclic amines) is 1. The summed E-state index contributed by atoms with van der Waals surface area (Å²) in [6, 6.07) is 8.26. The van der Waals surface area contributed by atoms with Gasteiger partial charge in [0.15, 0.2) is 0 Å². The lowest BCUT2D eigenvalue weighted by Gasteiger charge is -2.24. The first kappa shape index (κ1) is 16.0. The van der Waals surface area contributed by atoms with E-state index in [2.05, 4.69) is 34.5 Å². The number of carbonyl (C=O) groups is 1. The topological polar surface area (TPSA) is 50.2 Å². The van der Waals surface area contributed by atoms with Crippen LogP contribution in [0, 0.1) is 0 Å². The molecule has 2 heterocycles. The Labute approximate surface area is 137 Å². The van der Waals surface area contributed by atoms with Crippen molar-refractivity contribution in [3.63, 3.8) is 0 Å². The van der Waals surface area contributed by atoms with Crippen LogP contribution in [0.25, 0.3) is 10.9 Å². The van der Waals surface area contributed by atoms with Gasteiger partial charge in [-0.2, -0.15) is 5.10 Å². The normalized spacial score (nSPS) is 19.6. The second-order valence-corrected chi connectivity index (χ2v) is 6.42. The second kappa shape index (κ2) is 7.59. The van der Waals surface area contributed by atoms with Crippen LogP contribution in [0.5, 0.6) is 0 Å². The molecule has 1 aromatic heterocycles. The number of nitrogens with zero attached hydrogens (tertiary/aromatic N) is 3. The van der Waals surface area contributed by atoms with Gasteiger partial charge in [0.1, 0.15) is 0 Å². The van der Waals surface area contributed by atoms with Gasteiger partial charge < -0.3 is 5.32 Å². The molecule has 23 heavy (non-hydrogen) atoms. The van der Waals surface area contributed by atoms with E-state index in [1.807, 2.05) is 23.0 Å². The Hall–Kier alpha value is -1.88. The van der Waals surface area contributed by atoms with Crippen molar-refractivity contribution in [2.75, 3.05) is 20.1 Å². The minimum Gasteiger partial charge on any atom is -0.355 e. The lowest BCUT2D eigenvalue weighted by molar-refractivity contribution is -0.126. The maximum Gasteiger partial charge on any atom is 0.237 e. The highest BCUT2D eigenvalue weighted by molar-refractivity contribution is 5.81. The van der Waals surface area contributed by atoms with Gasteiger partial charge in [-0.1, -0.05) is 31.0 Å². The van der Waals surface area contributed by atoms with E-state index < -0.39 is 0 Å². The van der Waals surface area contributed by atoms with Crippen molar-refractivity contribution in [1.29, 1.82) is 0 Å². The molecule has 0 radical (unpaired) electrons.